The number of furan rings is 1. The summed E-state index contributed by atoms with van der Waals surface area (Å²) in [5, 5.41) is 18.5. The molecule has 2 saturated heterocycles. The number of carbonyl (C=O) groups is 3. The van der Waals surface area contributed by atoms with E-state index in [9.17, 15) is 19.5 Å². The molecule has 0 saturated carbocycles. The van der Waals surface area contributed by atoms with Crippen molar-refractivity contribution in [3.8, 4) is 0 Å². The lowest BCUT2D eigenvalue weighted by atomic mass is 9.76. The highest BCUT2D eigenvalue weighted by molar-refractivity contribution is 5.84. The van der Waals surface area contributed by atoms with Gasteiger partial charge in [0.15, 0.2) is 0 Å². The molecule has 136 valence electrons. The zero-order valence-electron chi connectivity index (χ0n) is 14.1. The van der Waals surface area contributed by atoms with Crippen molar-refractivity contribution in [2.75, 3.05) is 19.6 Å². The average molecular weight is 350 g/mol. The third-order valence-corrected chi connectivity index (χ3v) is 5.39. The van der Waals surface area contributed by atoms with Crippen LogP contribution in [0, 0.1) is 5.41 Å². The average Bonchev–Trinajstić information content (AvgIpc) is 3.14. The van der Waals surface area contributed by atoms with E-state index in [4.69, 9.17) is 9.52 Å². The van der Waals surface area contributed by atoms with E-state index in [1.165, 1.54) is 6.07 Å². The lowest BCUT2D eigenvalue weighted by Gasteiger charge is -2.39. The Morgan fingerprint density at radius 3 is 2.44 bits per heavy atom. The summed E-state index contributed by atoms with van der Waals surface area (Å²) in [4.78, 5) is 37.7. The number of rotatable bonds is 4. The monoisotopic (exact) mass is 350 g/mol. The van der Waals surface area contributed by atoms with Gasteiger partial charge in [-0.15, -0.1) is 0 Å². The highest BCUT2D eigenvalue weighted by Crippen LogP contribution is 2.44. The molecule has 0 aliphatic carbocycles. The zero-order valence-corrected chi connectivity index (χ0v) is 14.1. The summed E-state index contributed by atoms with van der Waals surface area (Å²) in [5.41, 5.74) is -0.114. The molecule has 2 N–H and O–H groups in total. The molecule has 2 fully saturated rings. The summed E-state index contributed by atoms with van der Waals surface area (Å²) in [6, 6.07) is 2.33. The van der Waals surface area contributed by atoms with Crippen molar-refractivity contribution in [3.05, 3.63) is 23.7 Å². The molecule has 1 spiro atoms. The van der Waals surface area contributed by atoms with Gasteiger partial charge >= 0.3 is 11.9 Å². The van der Waals surface area contributed by atoms with Crippen LogP contribution in [0.2, 0.25) is 0 Å². The molecule has 0 unspecified atom stereocenters. The van der Waals surface area contributed by atoms with Gasteiger partial charge in [0.25, 0.3) is 0 Å². The van der Waals surface area contributed by atoms with E-state index < -0.39 is 18.0 Å². The number of carbonyl (C=O) groups excluding carboxylic acids is 1. The van der Waals surface area contributed by atoms with Gasteiger partial charge in [0.05, 0.1) is 6.54 Å². The lowest BCUT2D eigenvalue weighted by molar-refractivity contribution is -0.142. The van der Waals surface area contributed by atoms with E-state index in [0.29, 0.717) is 31.8 Å². The Kier molecular flexibility index (Phi) is 4.55. The van der Waals surface area contributed by atoms with Crippen molar-refractivity contribution >= 4 is 17.8 Å². The Morgan fingerprint density at radius 2 is 1.92 bits per heavy atom. The Labute approximate surface area is 145 Å². The van der Waals surface area contributed by atoms with Crippen LogP contribution in [0.1, 0.15) is 42.5 Å². The molecule has 1 atom stereocenters. The maximum atomic E-state index is 11.7. The number of hydrogen-bond donors (Lipinski definition) is 2. The van der Waals surface area contributed by atoms with Gasteiger partial charge in [-0.25, -0.2) is 4.79 Å². The Morgan fingerprint density at radius 1 is 1.24 bits per heavy atom. The number of nitrogens with zero attached hydrogens (tertiary/aromatic N) is 2. The van der Waals surface area contributed by atoms with Crippen molar-refractivity contribution in [3.63, 3.8) is 0 Å². The molecular weight excluding hydrogens is 328 g/mol. The van der Waals surface area contributed by atoms with Crippen LogP contribution in [-0.4, -0.2) is 63.5 Å². The number of carboxylic acids is 2. The van der Waals surface area contributed by atoms with Crippen LogP contribution in [-0.2, 0) is 16.1 Å². The van der Waals surface area contributed by atoms with Crippen LogP contribution < -0.4 is 0 Å². The minimum absolute atomic E-state index is 0.0521. The molecule has 2 aliphatic rings. The quantitative estimate of drug-likeness (QED) is 0.841. The normalized spacial score (nSPS) is 23.1. The van der Waals surface area contributed by atoms with Crippen molar-refractivity contribution in [1.29, 1.82) is 0 Å². The number of aromatic carboxylic acids is 1. The number of likely N-dealkylation sites (tertiary alicyclic amines) is 2. The zero-order chi connectivity index (χ0) is 18.2. The van der Waals surface area contributed by atoms with Gasteiger partial charge in [0.2, 0.25) is 11.7 Å². The second-order valence-electron chi connectivity index (χ2n) is 7.04. The summed E-state index contributed by atoms with van der Waals surface area (Å²) >= 11 is 0. The predicted molar refractivity (Wildman–Crippen MR) is 86.0 cm³/mol. The molecule has 0 aromatic carbocycles. The first-order chi connectivity index (χ1) is 11.8. The number of carboxylic acid groups (broad SMARTS) is 2. The predicted octanol–water partition coefficient (Wildman–Crippen LogP) is 1.27. The third kappa shape index (κ3) is 3.53. The van der Waals surface area contributed by atoms with E-state index in [2.05, 4.69) is 0 Å². The lowest BCUT2D eigenvalue weighted by Crippen LogP contribution is -2.43. The van der Waals surface area contributed by atoms with Crippen LogP contribution in [0.4, 0.5) is 0 Å². The van der Waals surface area contributed by atoms with Crippen LogP contribution in [0.5, 0.6) is 0 Å². The summed E-state index contributed by atoms with van der Waals surface area (Å²) in [6.07, 6.45) is 2.11. The van der Waals surface area contributed by atoms with E-state index in [1.807, 2.05) is 4.90 Å². The van der Waals surface area contributed by atoms with Crippen molar-refractivity contribution in [1.82, 2.24) is 9.80 Å². The Bertz CT molecular complexity index is 689. The third-order valence-electron chi connectivity index (χ3n) is 5.39. The number of piperidine rings is 1. The van der Waals surface area contributed by atoms with Crippen molar-refractivity contribution in [2.45, 2.75) is 38.8 Å². The fourth-order valence-electron chi connectivity index (χ4n) is 3.99. The van der Waals surface area contributed by atoms with Gasteiger partial charge in [-0.3, -0.25) is 14.5 Å². The summed E-state index contributed by atoms with van der Waals surface area (Å²) in [6.45, 7) is 3.73. The fourth-order valence-corrected chi connectivity index (χ4v) is 3.99. The molecular formula is C17H22N2O6. The van der Waals surface area contributed by atoms with Crippen molar-refractivity contribution < 1.29 is 29.0 Å². The highest BCUT2D eigenvalue weighted by atomic mass is 16.4. The minimum atomic E-state index is -1.14. The van der Waals surface area contributed by atoms with Crippen LogP contribution >= 0.6 is 0 Å². The van der Waals surface area contributed by atoms with Gasteiger partial charge in [-0.05, 0) is 36.8 Å². The van der Waals surface area contributed by atoms with E-state index in [1.54, 1.807) is 17.9 Å². The molecule has 0 bridgehead atoms. The molecule has 1 aromatic rings. The largest absolute Gasteiger partial charge is 0.480 e. The second kappa shape index (κ2) is 6.51. The van der Waals surface area contributed by atoms with Gasteiger partial charge in [-0.2, -0.15) is 0 Å². The minimum Gasteiger partial charge on any atom is -0.480 e. The van der Waals surface area contributed by atoms with E-state index in [0.717, 1.165) is 12.8 Å². The standard InChI is InChI=1S/C17H22N2O6/c1-11(20)18-6-4-17(5-7-18)8-13(15(21)22)19(10-17)9-12-2-3-14(25-12)16(23)24/h2-3,13H,4-10H2,1H3,(H,21,22)(H,23,24)/t13-/m0/s1. The smallest absolute Gasteiger partial charge is 0.371 e. The first kappa shape index (κ1) is 17.5. The van der Waals surface area contributed by atoms with Gasteiger partial charge < -0.3 is 19.5 Å². The molecule has 3 rings (SSSR count). The van der Waals surface area contributed by atoms with Crippen molar-refractivity contribution in [2.24, 2.45) is 5.41 Å². The fraction of sp³-hybridized carbons (Fsp3) is 0.588. The van der Waals surface area contributed by atoms with Crippen LogP contribution in [0.15, 0.2) is 16.5 Å². The number of aliphatic carboxylic acids is 1. The maximum absolute atomic E-state index is 11.7. The molecule has 3 heterocycles. The number of hydrogen-bond acceptors (Lipinski definition) is 5. The molecule has 8 heteroatoms. The molecule has 1 aromatic heterocycles. The Hall–Kier alpha value is -2.35. The highest BCUT2D eigenvalue weighted by Gasteiger charge is 2.48. The van der Waals surface area contributed by atoms with Crippen LogP contribution in [0.3, 0.4) is 0 Å². The summed E-state index contributed by atoms with van der Waals surface area (Å²) < 4.78 is 5.27. The Balaban J connectivity index is 1.71. The topological polar surface area (TPSA) is 111 Å². The van der Waals surface area contributed by atoms with Gasteiger partial charge in [0, 0.05) is 26.6 Å². The molecule has 2 aliphatic heterocycles. The van der Waals surface area contributed by atoms with E-state index in [-0.39, 0.29) is 23.6 Å². The maximum Gasteiger partial charge on any atom is 0.371 e. The first-order valence-corrected chi connectivity index (χ1v) is 8.34. The molecule has 1 amide bonds. The first-order valence-electron chi connectivity index (χ1n) is 8.34. The van der Waals surface area contributed by atoms with Crippen LogP contribution in [0.25, 0.3) is 0 Å². The van der Waals surface area contributed by atoms with Gasteiger partial charge in [-0.1, -0.05) is 0 Å². The van der Waals surface area contributed by atoms with Gasteiger partial charge in [0.1, 0.15) is 11.8 Å². The molecule has 0 radical (unpaired) electrons. The molecule has 25 heavy (non-hydrogen) atoms. The summed E-state index contributed by atoms with van der Waals surface area (Å²) in [7, 11) is 0. The second-order valence-corrected chi connectivity index (χ2v) is 7.04. The number of amides is 1. The van der Waals surface area contributed by atoms with E-state index >= 15 is 0 Å². The SMILES string of the molecule is CC(=O)N1CCC2(CC1)C[C@@H](C(=O)O)N(Cc1ccc(C(=O)O)o1)C2. The summed E-state index contributed by atoms with van der Waals surface area (Å²) in [5.74, 6) is -1.67. The molecule has 8 nitrogen and oxygen atoms in total.